The molecule has 0 fully saturated rings. The number of sulfonamides is 1. The Balaban J connectivity index is 2.51. The molecule has 0 radical (unpaired) electrons. The Morgan fingerprint density at radius 2 is 2.00 bits per heavy atom. The highest BCUT2D eigenvalue weighted by atomic mass is 32.2. The van der Waals surface area contributed by atoms with Crippen molar-refractivity contribution in [3.63, 3.8) is 0 Å². The lowest BCUT2D eigenvalue weighted by molar-refractivity contribution is 0.596. The molecule has 0 bridgehead atoms. The smallest absolute Gasteiger partial charge is 0.251 e. The number of rotatable bonds is 3. The van der Waals surface area contributed by atoms with E-state index in [2.05, 4.69) is 9.97 Å². The molecule has 7 nitrogen and oxygen atoms in total. The molecule has 0 unspecified atom stereocenters. The van der Waals surface area contributed by atoms with Crippen LogP contribution in [0.2, 0.25) is 0 Å². The molecule has 106 valence electrons. The fourth-order valence-electron chi connectivity index (χ4n) is 1.54. The minimum Gasteiger partial charge on any atom is -0.399 e. The molecule has 0 saturated heterocycles. The van der Waals surface area contributed by atoms with E-state index in [1.807, 2.05) is 0 Å². The van der Waals surface area contributed by atoms with Crippen molar-refractivity contribution < 1.29 is 8.42 Å². The predicted molar refractivity (Wildman–Crippen MR) is 75.9 cm³/mol. The Hall–Kier alpha value is -1.84. The Morgan fingerprint density at radius 3 is 2.60 bits per heavy atom. The summed E-state index contributed by atoms with van der Waals surface area (Å²) in [5, 5.41) is 5.43. The predicted octanol–water partition coefficient (Wildman–Crippen LogP) is 0.459. The third-order valence-electron chi connectivity index (χ3n) is 2.33. The van der Waals surface area contributed by atoms with E-state index in [9.17, 15) is 13.2 Å². The Bertz CT molecular complexity index is 815. The summed E-state index contributed by atoms with van der Waals surface area (Å²) in [4.78, 5) is 18.2. The molecule has 9 heteroatoms. The normalized spacial score (nSPS) is 11.5. The minimum atomic E-state index is -3.92. The van der Waals surface area contributed by atoms with E-state index >= 15 is 0 Å². The van der Waals surface area contributed by atoms with Crippen molar-refractivity contribution >= 4 is 27.5 Å². The van der Waals surface area contributed by atoms with Crippen molar-refractivity contribution in [1.82, 2.24) is 9.97 Å². The van der Waals surface area contributed by atoms with Crippen molar-refractivity contribution in [3.8, 4) is 0 Å². The van der Waals surface area contributed by atoms with Crippen molar-refractivity contribution in [2.75, 3.05) is 5.73 Å². The van der Waals surface area contributed by atoms with Crippen LogP contribution in [0.4, 0.5) is 5.69 Å². The van der Waals surface area contributed by atoms with Crippen molar-refractivity contribution in [1.29, 1.82) is 0 Å². The summed E-state index contributed by atoms with van der Waals surface area (Å²) in [5.41, 5.74) is 6.06. The highest BCUT2D eigenvalue weighted by Crippen LogP contribution is 2.31. The second-order valence-electron chi connectivity index (χ2n) is 4.05. The first-order chi connectivity index (χ1) is 9.25. The largest absolute Gasteiger partial charge is 0.399 e. The second-order valence-corrected chi connectivity index (χ2v) is 6.61. The van der Waals surface area contributed by atoms with Gasteiger partial charge < -0.3 is 10.7 Å². The Labute approximate surface area is 119 Å². The number of hydrogen-bond acceptors (Lipinski definition) is 6. The molecular weight excluding hydrogens is 300 g/mol. The van der Waals surface area contributed by atoms with Gasteiger partial charge in [-0.3, -0.25) is 4.79 Å². The van der Waals surface area contributed by atoms with Gasteiger partial charge in [-0.05, 0) is 25.1 Å². The van der Waals surface area contributed by atoms with Gasteiger partial charge in [0.25, 0.3) is 5.56 Å². The maximum Gasteiger partial charge on any atom is 0.251 e. The number of nitrogens with zero attached hydrogens (tertiary/aromatic N) is 1. The fourth-order valence-corrected chi connectivity index (χ4v) is 3.50. The van der Waals surface area contributed by atoms with Gasteiger partial charge in [0.15, 0.2) is 5.16 Å². The van der Waals surface area contributed by atoms with Gasteiger partial charge in [0.2, 0.25) is 10.0 Å². The first-order valence-electron chi connectivity index (χ1n) is 5.44. The number of benzene rings is 1. The summed E-state index contributed by atoms with van der Waals surface area (Å²) >= 11 is 0.997. The molecule has 5 N–H and O–H groups in total. The van der Waals surface area contributed by atoms with E-state index in [-0.39, 0.29) is 21.3 Å². The van der Waals surface area contributed by atoms with Crippen LogP contribution in [-0.4, -0.2) is 18.4 Å². The van der Waals surface area contributed by atoms with E-state index in [0.29, 0.717) is 10.6 Å². The first kappa shape index (κ1) is 14.6. The Morgan fingerprint density at radius 1 is 1.30 bits per heavy atom. The van der Waals surface area contributed by atoms with Crippen LogP contribution in [0.1, 0.15) is 5.69 Å². The highest BCUT2D eigenvalue weighted by Gasteiger charge is 2.16. The molecule has 0 spiro atoms. The maximum atomic E-state index is 11.5. The molecule has 0 saturated carbocycles. The lowest BCUT2D eigenvalue weighted by Crippen LogP contribution is -2.14. The van der Waals surface area contributed by atoms with E-state index in [0.717, 1.165) is 11.8 Å². The summed E-state index contributed by atoms with van der Waals surface area (Å²) in [6, 6.07) is 5.67. The van der Waals surface area contributed by atoms with Crippen molar-refractivity contribution in [2.24, 2.45) is 5.14 Å². The van der Waals surface area contributed by atoms with Gasteiger partial charge in [-0.25, -0.2) is 18.5 Å². The summed E-state index contributed by atoms with van der Waals surface area (Å²) < 4.78 is 23.1. The topological polar surface area (TPSA) is 132 Å². The lowest BCUT2D eigenvalue weighted by atomic mass is 10.3. The van der Waals surface area contributed by atoms with Crippen LogP contribution in [0.3, 0.4) is 0 Å². The van der Waals surface area contributed by atoms with Gasteiger partial charge in [-0.15, -0.1) is 0 Å². The monoisotopic (exact) mass is 312 g/mol. The average Bonchev–Trinajstić information content (AvgIpc) is 2.28. The van der Waals surface area contributed by atoms with E-state index in [4.69, 9.17) is 10.9 Å². The van der Waals surface area contributed by atoms with Crippen LogP contribution in [-0.2, 0) is 10.0 Å². The number of nitrogens with two attached hydrogens (primary N) is 2. The quantitative estimate of drug-likeness (QED) is 0.557. The second kappa shape index (κ2) is 5.27. The summed E-state index contributed by atoms with van der Waals surface area (Å²) in [6.07, 6.45) is 0. The molecule has 1 heterocycles. The number of nitrogen functional groups attached to an aromatic ring is 1. The maximum absolute atomic E-state index is 11.5. The third-order valence-corrected chi connectivity index (χ3v) is 4.37. The molecule has 0 aliphatic rings. The van der Waals surface area contributed by atoms with Gasteiger partial charge in [0, 0.05) is 22.3 Å². The lowest BCUT2D eigenvalue weighted by Gasteiger charge is -2.08. The SMILES string of the molecule is Cc1cc(=O)[nH]c(Sc2ccc(N)cc2S(N)(=O)=O)n1. The number of primary sulfonamides is 1. The number of nitrogens with one attached hydrogen (secondary N) is 1. The van der Waals surface area contributed by atoms with Crippen LogP contribution >= 0.6 is 11.8 Å². The van der Waals surface area contributed by atoms with E-state index in [1.54, 1.807) is 13.0 Å². The molecule has 0 amide bonds. The van der Waals surface area contributed by atoms with Crippen molar-refractivity contribution in [3.05, 3.63) is 40.3 Å². The zero-order valence-electron chi connectivity index (χ0n) is 10.5. The number of aryl methyl sites for hydroxylation is 1. The first-order valence-corrected chi connectivity index (χ1v) is 7.80. The number of aromatic amines is 1. The average molecular weight is 312 g/mol. The van der Waals surface area contributed by atoms with Gasteiger partial charge in [-0.2, -0.15) is 0 Å². The number of anilines is 1. The van der Waals surface area contributed by atoms with Gasteiger partial charge in [0.1, 0.15) is 0 Å². The van der Waals surface area contributed by atoms with Crippen LogP contribution < -0.4 is 16.4 Å². The molecule has 2 rings (SSSR count). The fraction of sp³-hybridized carbons (Fsp3) is 0.0909. The molecule has 2 aromatic rings. The summed E-state index contributed by atoms with van der Waals surface area (Å²) in [7, 11) is -3.92. The van der Waals surface area contributed by atoms with Crippen LogP contribution in [0, 0.1) is 6.92 Å². The third kappa shape index (κ3) is 3.38. The molecule has 1 aromatic heterocycles. The number of aromatic nitrogens is 2. The molecule has 0 aliphatic carbocycles. The van der Waals surface area contributed by atoms with Gasteiger partial charge in [-0.1, -0.05) is 11.8 Å². The number of hydrogen-bond donors (Lipinski definition) is 3. The molecule has 0 atom stereocenters. The van der Waals surface area contributed by atoms with Crippen LogP contribution in [0.5, 0.6) is 0 Å². The minimum absolute atomic E-state index is 0.105. The van der Waals surface area contributed by atoms with Crippen molar-refractivity contribution in [2.45, 2.75) is 21.9 Å². The molecule has 0 aliphatic heterocycles. The summed E-state index contributed by atoms with van der Waals surface area (Å²) in [6.45, 7) is 1.67. The zero-order chi connectivity index (χ0) is 14.9. The van der Waals surface area contributed by atoms with Crippen LogP contribution in [0.15, 0.2) is 44.0 Å². The summed E-state index contributed by atoms with van der Waals surface area (Å²) in [5.74, 6) is 0. The molecular formula is C11H12N4O3S2. The number of H-pyrrole nitrogens is 1. The van der Waals surface area contributed by atoms with Crippen LogP contribution in [0.25, 0.3) is 0 Å². The standard InChI is InChI=1S/C11H12N4O3S2/c1-6-4-10(16)15-11(14-6)19-8-3-2-7(12)5-9(8)20(13,17)18/h2-5H,12H2,1H3,(H2,13,17,18)(H,14,15,16). The molecule has 1 aromatic carbocycles. The highest BCUT2D eigenvalue weighted by molar-refractivity contribution is 8.00. The Kier molecular flexibility index (Phi) is 3.84. The molecule has 20 heavy (non-hydrogen) atoms. The van der Waals surface area contributed by atoms with Gasteiger partial charge >= 0.3 is 0 Å². The van der Waals surface area contributed by atoms with Gasteiger partial charge in [0.05, 0.1) is 4.90 Å². The van der Waals surface area contributed by atoms with E-state index in [1.165, 1.54) is 18.2 Å². The zero-order valence-corrected chi connectivity index (χ0v) is 12.1. The van der Waals surface area contributed by atoms with E-state index < -0.39 is 10.0 Å².